The Kier molecular flexibility index (Phi) is 7.24. The van der Waals surface area contributed by atoms with Gasteiger partial charge < -0.3 is 10.6 Å². The van der Waals surface area contributed by atoms with Gasteiger partial charge in [0, 0.05) is 26.8 Å². The monoisotopic (exact) mass is 449 g/mol. The SMILES string of the molecule is CN=C(NCCc1ccc2ccccc2c1)NCc1ccnn1C.I. The highest BCUT2D eigenvalue weighted by atomic mass is 127. The molecule has 1 aromatic heterocycles. The first-order valence-corrected chi connectivity index (χ1v) is 8.15. The second kappa shape index (κ2) is 9.41. The van der Waals surface area contributed by atoms with Crippen LogP contribution < -0.4 is 10.6 Å². The summed E-state index contributed by atoms with van der Waals surface area (Å²) in [5, 5.41) is 13.4. The molecule has 0 radical (unpaired) electrons. The fourth-order valence-electron chi connectivity index (χ4n) is 2.69. The van der Waals surface area contributed by atoms with Crippen LogP contribution in [0, 0.1) is 0 Å². The van der Waals surface area contributed by atoms with E-state index in [4.69, 9.17) is 0 Å². The predicted molar refractivity (Wildman–Crippen MR) is 114 cm³/mol. The van der Waals surface area contributed by atoms with Crippen LogP contribution in [0.3, 0.4) is 0 Å². The molecule has 0 saturated heterocycles. The van der Waals surface area contributed by atoms with Crippen LogP contribution in [0.4, 0.5) is 0 Å². The largest absolute Gasteiger partial charge is 0.356 e. The lowest BCUT2D eigenvalue weighted by Crippen LogP contribution is -2.38. The van der Waals surface area contributed by atoms with Crippen molar-refractivity contribution in [3.8, 4) is 0 Å². The van der Waals surface area contributed by atoms with E-state index in [2.05, 4.69) is 63.2 Å². The zero-order chi connectivity index (χ0) is 16.8. The molecule has 6 heteroatoms. The van der Waals surface area contributed by atoms with E-state index in [1.807, 2.05) is 17.8 Å². The lowest BCUT2D eigenvalue weighted by molar-refractivity contribution is 0.684. The van der Waals surface area contributed by atoms with Crippen molar-refractivity contribution in [2.24, 2.45) is 12.0 Å². The molecule has 5 nitrogen and oxygen atoms in total. The third-order valence-electron chi connectivity index (χ3n) is 4.10. The van der Waals surface area contributed by atoms with E-state index in [0.29, 0.717) is 6.54 Å². The molecule has 0 unspecified atom stereocenters. The summed E-state index contributed by atoms with van der Waals surface area (Å²) in [6, 6.07) is 17.1. The van der Waals surface area contributed by atoms with Gasteiger partial charge >= 0.3 is 0 Å². The molecule has 0 fully saturated rings. The fourth-order valence-corrected chi connectivity index (χ4v) is 2.69. The number of aliphatic imine (C=N–C) groups is 1. The van der Waals surface area contributed by atoms with E-state index >= 15 is 0 Å². The molecular weight excluding hydrogens is 425 g/mol. The third-order valence-corrected chi connectivity index (χ3v) is 4.10. The van der Waals surface area contributed by atoms with Crippen LogP contribution in [0.25, 0.3) is 10.8 Å². The van der Waals surface area contributed by atoms with Crippen molar-refractivity contribution >= 4 is 40.7 Å². The van der Waals surface area contributed by atoms with Gasteiger partial charge in [-0.15, -0.1) is 24.0 Å². The Labute approximate surface area is 165 Å². The molecule has 3 aromatic rings. The molecule has 2 N–H and O–H groups in total. The molecule has 0 atom stereocenters. The Balaban J connectivity index is 0.00000225. The van der Waals surface area contributed by atoms with Gasteiger partial charge in [0.15, 0.2) is 5.96 Å². The average Bonchev–Trinajstić information content (AvgIpc) is 3.03. The van der Waals surface area contributed by atoms with E-state index in [0.717, 1.165) is 24.6 Å². The molecular formula is C19H24IN5. The number of fused-ring (bicyclic) bond motifs is 1. The molecule has 1 heterocycles. The van der Waals surface area contributed by atoms with E-state index in [-0.39, 0.29) is 24.0 Å². The van der Waals surface area contributed by atoms with Gasteiger partial charge in [0.2, 0.25) is 0 Å². The van der Waals surface area contributed by atoms with Crippen molar-refractivity contribution in [2.45, 2.75) is 13.0 Å². The van der Waals surface area contributed by atoms with Gasteiger partial charge in [0.25, 0.3) is 0 Å². The highest BCUT2D eigenvalue weighted by Crippen LogP contribution is 2.15. The standard InChI is InChI=1S/C19H23N5.HI/c1-20-19(22-14-18-10-12-23-24(18)2)21-11-9-15-7-8-16-5-3-4-6-17(16)13-15;/h3-8,10,12-13H,9,11,14H2,1-2H3,(H2,20,21,22);1H. The molecule has 3 rings (SSSR count). The van der Waals surface area contributed by atoms with E-state index in [9.17, 15) is 0 Å². The van der Waals surface area contributed by atoms with Crippen molar-refractivity contribution in [2.75, 3.05) is 13.6 Å². The highest BCUT2D eigenvalue weighted by molar-refractivity contribution is 14.0. The Bertz CT molecular complexity index is 840. The molecule has 0 aliphatic rings. The van der Waals surface area contributed by atoms with Crippen LogP contribution in [0.5, 0.6) is 0 Å². The van der Waals surface area contributed by atoms with Crippen LogP contribution in [0.15, 0.2) is 59.7 Å². The number of aryl methyl sites for hydroxylation is 1. The van der Waals surface area contributed by atoms with Gasteiger partial charge in [-0.25, -0.2) is 0 Å². The molecule has 25 heavy (non-hydrogen) atoms. The molecule has 0 aliphatic heterocycles. The van der Waals surface area contributed by atoms with Gasteiger partial charge in [-0.1, -0.05) is 42.5 Å². The Morgan fingerprint density at radius 1 is 1.08 bits per heavy atom. The van der Waals surface area contributed by atoms with E-state index in [1.165, 1.54) is 16.3 Å². The first kappa shape index (κ1) is 19.2. The summed E-state index contributed by atoms with van der Waals surface area (Å²) in [6.07, 6.45) is 2.75. The summed E-state index contributed by atoms with van der Waals surface area (Å²) in [6.45, 7) is 1.54. The molecule has 0 bridgehead atoms. The van der Waals surface area contributed by atoms with Crippen molar-refractivity contribution in [3.05, 3.63) is 66.0 Å². The van der Waals surface area contributed by atoms with Crippen LogP contribution in [0.2, 0.25) is 0 Å². The number of nitrogens with one attached hydrogen (secondary N) is 2. The average molecular weight is 449 g/mol. The maximum absolute atomic E-state index is 4.26. The Morgan fingerprint density at radius 3 is 2.60 bits per heavy atom. The lowest BCUT2D eigenvalue weighted by atomic mass is 10.1. The van der Waals surface area contributed by atoms with Gasteiger partial charge in [0.05, 0.1) is 12.2 Å². The van der Waals surface area contributed by atoms with E-state index < -0.39 is 0 Å². The molecule has 0 amide bonds. The number of guanidine groups is 1. The maximum Gasteiger partial charge on any atom is 0.191 e. The molecule has 132 valence electrons. The number of rotatable bonds is 5. The number of halogens is 1. The number of hydrogen-bond donors (Lipinski definition) is 2. The number of hydrogen-bond acceptors (Lipinski definition) is 2. The van der Waals surface area contributed by atoms with Crippen molar-refractivity contribution in [3.63, 3.8) is 0 Å². The minimum Gasteiger partial charge on any atom is -0.356 e. The van der Waals surface area contributed by atoms with Gasteiger partial charge in [0.1, 0.15) is 0 Å². The van der Waals surface area contributed by atoms with Crippen molar-refractivity contribution < 1.29 is 0 Å². The summed E-state index contributed by atoms with van der Waals surface area (Å²) < 4.78 is 1.86. The zero-order valence-electron chi connectivity index (χ0n) is 14.6. The summed E-state index contributed by atoms with van der Waals surface area (Å²) in [5.74, 6) is 0.803. The second-order valence-corrected chi connectivity index (χ2v) is 5.73. The topological polar surface area (TPSA) is 54.2 Å². The minimum absolute atomic E-state index is 0. The normalized spacial score (nSPS) is 11.2. The summed E-state index contributed by atoms with van der Waals surface area (Å²) in [7, 11) is 3.72. The van der Waals surface area contributed by atoms with Crippen LogP contribution in [-0.4, -0.2) is 29.3 Å². The Morgan fingerprint density at radius 2 is 1.88 bits per heavy atom. The maximum atomic E-state index is 4.26. The molecule has 2 aromatic carbocycles. The smallest absolute Gasteiger partial charge is 0.191 e. The summed E-state index contributed by atoms with van der Waals surface area (Å²) >= 11 is 0. The predicted octanol–water partition coefficient (Wildman–Crippen LogP) is 3.10. The second-order valence-electron chi connectivity index (χ2n) is 5.73. The van der Waals surface area contributed by atoms with Gasteiger partial charge in [-0.3, -0.25) is 9.67 Å². The van der Waals surface area contributed by atoms with Gasteiger partial charge in [-0.05, 0) is 28.8 Å². The third kappa shape index (κ3) is 5.19. The number of aromatic nitrogens is 2. The zero-order valence-corrected chi connectivity index (χ0v) is 16.9. The van der Waals surface area contributed by atoms with Gasteiger partial charge in [-0.2, -0.15) is 5.10 Å². The number of benzene rings is 2. The lowest BCUT2D eigenvalue weighted by Gasteiger charge is -2.12. The van der Waals surface area contributed by atoms with Crippen molar-refractivity contribution in [1.82, 2.24) is 20.4 Å². The minimum atomic E-state index is 0. The van der Waals surface area contributed by atoms with Crippen LogP contribution >= 0.6 is 24.0 Å². The quantitative estimate of drug-likeness (QED) is 0.358. The highest BCUT2D eigenvalue weighted by Gasteiger charge is 2.02. The van der Waals surface area contributed by atoms with E-state index in [1.54, 1.807) is 13.2 Å². The van der Waals surface area contributed by atoms with Crippen LogP contribution in [0.1, 0.15) is 11.3 Å². The first-order chi connectivity index (χ1) is 11.8. The summed E-state index contributed by atoms with van der Waals surface area (Å²) in [5.41, 5.74) is 2.44. The summed E-state index contributed by atoms with van der Waals surface area (Å²) in [4.78, 5) is 4.26. The molecule has 0 aliphatic carbocycles. The fraction of sp³-hybridized carbons (Fsp3) is 0.263. The Hall–Kier alpha value is -2.09. The van der Waals surface area contributed by atoms with Crippen molar-refractivity contribution in [1.29, 1.82) is 0 Å². The van der Waals surface area contributed by atoms with Crippen LogP contribution in [-0.2, 0) is 20.0 Å². The number of nitrogens with zero attached hydrogens (tertiary/aromatic N) is 3. The first-order valence-electron chi connectivity index (χ1n) is 8.15. The molecule has 0 spiro atoms. The molecule has 0 saturated carbocycles.